The molecule has 0 saturated carbocycles. The zero-order valence-corrected chi connectivity index (χ0v) is 14.0. The van der Waals surface area contributed by atoms with Crippen molar-refractivity contribution in [1.82, 2.24) is 14.7 Å². The van der Waals surface area contributed by atoms with Gasteiger partial charge in [-0.2, -0.15) is 4.98 Å². The third-order valence-corrected chi connectivity index (χ3v) is 4.38. The van der Waals surface area contributed by atoms with Crippen molar-refractivity contribution in [2.45, 2.75) is 19.4 Å². The first-order valence-corrected chi connectivity index (χ1v) is 8.01. The molecule has 128 valence electrons. The van der Waals surface area contributed by atoms with Crippen LogP contribution in [0.2, 0.25) is 0 Å². The fraction of sp³-hybridized carbons (Fsp3) is 0.278. The van der Waals surface area contributed by atoms with E-state index < -0.39 is 0 Å². The molecule has 0 amide bonds. The highest BCUT2D eigenvalue weighted by Gasteiger charge is 2.26. The number of benzene rings is 1. The number of pyridine rings is 1. The summed E-state index contributed by atoms with van der Waals surface area (Å²) >= 11 is 0. The Morgan fingerprint density at radius 3 is 2.76 bits per heavy atom. The lowest BCUT2D eigenvalue weighted by molar-refractivity contribution is 0.401. The number of hydrogen-bond acceptors (Lipinski definition) is 6. The van der Waals surface area contributed by atoms with E-state index in [4.69, 9.17) is 14.0 Å². The average molecular weight is 339 g/mol. The van der Waals surface area contributed by atoms with Gasteiger partial charge in [0.1, 0.15) is 17.1 Å². The molecule has 0 unspecified atom stereocenters. The van der Waals surface area contributed by atoms with Gasteiger partial charge in [-0.25, -0.2) is 0 Å². The van der Waals surface area contributed by atoms with Gasteiger partial charge in [-0.15, -0.1) is 0 Å². The quantitative estimate of drug-likeness (QED) is 0.727. The Bertz CT molecular complexity index is 990. The Morgan fingerprint density at radius 1 is 1.16 bits per heavy atom. The molecule has 0 aliphatic carbocycles. The van der Waals surface area contributed by atoms with Crippen LogP contribution in [0.25, 0.3) is 22.8 Å². The Hall–Kier alpha value is -3.09. The fourth-order valence-corrected chi connectivity index (χ4v) is 3.24. The van der Waals surface area contributed by atoms with Crippen molar-refractivity contribution in [3.63, 3.8) is 0 Å². The van der Waals surface area contributed by atoms with Crippen LogP contribution in [0.3, 0.4) is 0 Å². The van der Waals surface area contributed by atoms with Gasteiger partial charge in [-0.3, -0.25) is 4.79 Å². The summed E-state index contributed by atoms with van der Waals surface area (Å²) in [5, 5.41) is 4.09. The molecular formula is C18H17N3O4. The first kappa shape index (κ1) is 15.4. The van der Waals surface area contributed by atoms with Crippen LogP contribution in [0, 0.1) is 0 Å². The minimum absolute atomic E-state index is 0.0717. The lowest BCUT2D eigenvalue weighted by Gasteiger charge is -2.11. The van der Waals surface area contributed by atoms with Crippen LogP contribution in [0.1, 0.15) is 12.1 Å². The third-order valence-electron chi connectivity index (χ3n) is 4.38. The van der Waals surface area contributed by atoms with Crippen LogP contribution in [-0.4, -0.2) is 28.9 Å². The van der Waals surface area contributed by atoms with Crippen molar-refractivity contribution < 1.29 is 14.0 Å². The summed E-state index contributed by atoms with van der Waals surface area (Å²) in [6.45, 7) is 0.693. The molecule has 1 aromatic carbocycles. The smallest absolute Gasteiger partial charge is 0.263 e. The molecule has 7 heteroatoms. The van der Waals surface area contributed by atoms with Crippen LogP contribution in [0.5, 0.6) is 11.5 Å². The summed E-state index contributed by atoms with van der Waals surface area (Å²) in [5.74, 6) is 1.88. The van der Waals surface area contributed by atoms with Gasteiger partial charge in [0.25, 0.3) is 11.4 Å². The van der Waals surface area contributed by atoms with Gasteiger partial charge < -0.3 is 18.6 Å². The first-order valence-electron chi connectivity index (χ1n) is 8.01. The summed E-state index contributed by atoms with van der Waals surface area (Å²) in [6.07, 6.45) is 1.68. The van der Waals surface area contributed by atoms with Gasteiger partial charge >= 0.3 is 0 Å². The molecule has 0 N–H and O–H groups in total. The van der Waals surface area contributed by atoms with Crippen molar-refractivity contribution in [3.8, 4) is 34.3 Å². The van der Waals surface area contributed by atoms with E-state index in [0.29, 0.717) is 35.3 Å². The maximum absolute atomic E-state index is 12.2. The molecular weight excluding hydrogens is 322 g/mol. The second-order valence-corrected chi connectivity index (χ2v) is 5.75. The maximum atomic E-state index is 12.2. The average Bonchev–Trinajstić information content (AvgIpc) is 3.31. The number of methoxy groups -OCH3 is 2. The number of para-hydroxylation sites is 1. The first-order chi connectivity index (χ1) is 12.2. The van der Waals surface area contributed by atoms with E-state index >= 15 is 0 Å². The summed E-state index contributed by atoms with van der Waals surface area (Å²) < 4.78 is 18.0. The molecule has 4 rings (SSSR count). The molecule has 2 aromatic heterocycles. The fourth-order valence-electron chi connectivity index (χ4n) is 3.24. The number of ether oxygens (including phenoxy) is 2. The maximum Gasteiger partial charge on any atom is 0.263 e. The summed E-state index contributed by atoms with van der Waals surface area (Å²) in [7, 11) is 3.13. The van der Waals surface area contributed by atoms with Gasteiger partial charge in [0, 0.05) is 18.3 Å². The van der Waals surface area contributed by atoms with Gasteiger partial charge in [-0.1, -0.05) is 17.3 Å². The molecule has 0 spiro atoms. The topological polar surface area (TPSA) is 79.4 Å². The lowest BCUT2D eigenvalue weighted by atomic mass is 10.1. The highest BCUT2D eigenvalue weighted by molar-refractivity contribution is 5.70. The zero-order chi connectivity index (χ0) is 17.4. The van der Waals surface area contributed by atoms with E-state index in [1.165, 1.54) is 13.2 Å². The largest absolute Gasteiger partial charge is 0.496 e. The van der Waals surface area contributed by atoms with Crippen LogP contribution in [0.4, 0.5) is 0 Å². The molecule has 1 aliphatic heterocycles. The minimum atomic E-state index is -0.0717. The molecule has 0 bridgehead atoms. The van der Waals surface area contributed by atoms with Crippen LogP contribution in [-0.2, 0) is 13.0 Å². The minimum Gasteiger partial charge on any atom is -0.496 e. The van der Waals surface area contributed by atoms with E-state index in [1.54, 1.807) is 11.7 Å². The summed E-state index contributed by atoms with van der Waals surface area (Å²) in [5.41, 5.74) is 2.23. The molecule has 0 saturated heterocycles. The van der Waals surface area contributed by atoms with E-state index in [9.17, 15) is 4.79 Å². The summed E-state index contributed by atoms with van der Waals surface area (Å²) in [4.78, 5) is 16.7. The number of fused-ring (bicyclic) bond motifs is 1. The SMILES string of the molecule is COc1ccccc1-c1noc(-c2c(OC)cc(=O)n3c2CCC3)n1. The van der Waals surface area contributed by atoms with E-state index in [1.807, 2.05) is 24.3 Å². The van der Waals surface area contributed by atoms with Crippen molar-refractivity contribution in [2.75, 3.05) is 14.2 Å². The van der Waals surface area contributed by atoms with E-state index in [-0.39, 0.29) is 5.56 Å². The number of aromatic nitrogens is 3. The predicted octanol–water partition coefficient (Wildman–Crippen LogP) is 2.53. The Balaban J connectivity index is 1.87. The molecule has 0 radical (unpaired) electrons. The highest BCUT2D eigenvalue weighted by atomic mass is 16.5. The molecule has 3 aromatic rings. The standard InChI is InChI=1S/C18H17N3O4/c1-23-13-8-4-3-6-11(13)17-19-18(25-20-17)16-12-7-5-9-21(12)15(22)10-14(16)24-2/h3-4,6,8,10H,5,7,9H2,1-2H3. The van der Waals surface area contributed by atoms with Crippen LogP contribution >= 0.6 is 0 Å². The van der Waals surface area contributed by atoms with Crippen LogP contribution in [0.15, 0.2) is 39.6 Å². The predicted molar refractivity (Wildman–Crippen MR) is 90.9 cm³/mol. The molecule has 0 fully saturated rings. The van der Waals surface area contributed by atoms with Crippen molar-refractivity contribution >= 4 is 0 Å². The molecule has 0 atom stereocenters. The summed E-state index contributed by atoms with van der Waals surface area (Å²) in [6, 6.07) is 8.94. The molecule has 1 aliphatic rings. The van der Waals surface area contributed by atoms with E-state index in [0.717, 1.165) is 24.1 Å². The lowest BCUT2D eigenvalue weighted by Crippen LogP contribution is -2.19. The highest BCUT2D eigenvalue weighted by Crippen LogP contribution is 2.36. The number of rotatable bonds is 4. The van der Waals surface area contributed by atoms with Crippen molar-refractivity contribution in [3.05, 3.63) is 46.4 Å². The van der Waals surface area contributed by atoms with E-state index in [2.05, 4.69) is 10.1 Å². The van der Waals surface area contributed by atoms with Gasteiger partial charge in [0.2, 0.25) is 5.82 Å². The van der Waals surface area contributed by atoms with Gasteiger partial charge in [0.05, 0.1) is 19.8 Å². The second kappa shape index (κ2) is 6.08. The third kappa shape index (κ3) is 2.48. The Labute approximate surface area is 143 Å². The molecule has 25 heavy (non-hydrogen) atoms. The van der Waals surface area contributed by atoms with Gasteiger partial charge in [0.15, 0.2) is 0 Å². The Kier molecular flexibility index (Phi) is 3.76. The number of hydrogen-bond donors (Lipinski definition) is 0. The molecule has 3 heterocycles. The Morgan fingerprint density at radius 2 is 1.96 bits per heavy atom. The molecule has 7 nitrogen and oxygen atoms in total. The second-order valence-electron chi connectivity index (χ2n) is 5.75. The van der Waals surface area contributed by atoms with Crippen molar-refractivity contribution in [1.29, 1.82) is 0 Å². The number of nitrogens with zero attached hydrogens (tertiary/aromatic N) is 3. The zero-order valence-electron chi connectivity index (χ0n) is 14.0. The van der Waals surface area contributed by atoms with Crippen LogP contribution < -0.4 is 15.0 Å². The van der Waals surface area contributed by atoms with Gasteiger partial charge in [-0.05, 0) is 25.0 Å². The normalized spacial score (nSPS) is 12.9. The van der Waals surface area contributed by atoms with Crippen molar-refractivity contribution in [2.24, 2.45) is 0 Å². The monoisotopic (exact) mass is 339 g/mol.